The van der Waals surface area contributed by atoms with Crippen molar-refractivity contribution in [3.63, 3.8) is 0 Å². The van der Waals surface area contributed by atoms with E-state index in [0.717, 1.165) is 22.0 Å². The van der Waals surface area contributed by atoms with Crippen molar-refractivity contribution in [2.45, 2.75) is 25.8 Å². The number of Topliss-reactive ketones (excluding diaryl/α,β-unsaturated/α-hetero) is 1. The number of aliphatic hydroxyl groups excluding tert-OH is 1. The molecule has 1 N–H and O–H groups in total. The summed E-state index contributed by atoms with van der Waals surface area (Å²) in [6.45, 7) is 2.62. The number of aliphatic hydroxyl groups is 1. The van der Waals surface area contributed by atoms with E-state index in [9.17, 15) is 14.7 Å². The molecule has 0 aliphatic carbocycles. The van der Waals surface area contributed by atoms with Gasteiger partial charge in [0.25, 0.3) is 5.78 Å². The first-order chi connectivity index (χ1) is 17.9. The quantitative estimate of drug-likeness (QED) is 0.103. The third kappa shape index (κ3) is 5.01. The molecular weight excluding hydrogens is 576 g/mol. The second-order valence-corrected chi connectivity index (χ2v) is 10.9. The van der Waals surface area contributed by atoms with Gasteiger partial charge in [0.2, 0.25) is 0 Å². The summed E-state index contributed by atoms with van der Waals surface area (Å²) < 4.78 is 7.35. The summed E-state index contributed by atoms with van der Waals surface area (Å²) in [6, 6.07) is 18.6. The molecule has 4 aromatic rings. The zero-order valence-corrected chi connectivity index (χ0v) is 22.9. The number of carbonyl (C=O) groups is 2. The monoisotopic (exact) mass is 596 g/mol. The molecule has 3 aromatic carbocycles. The molecule has 1 fully saturated rings. The Kier molecular flexibility index (Phi) is 7.33. The van der Waals surface area contributed by atoms with Gasteiger partial charge in [0.1, 0.15) is 11.5 Å². The Morgan fingerprint density at radius 2 is 1.95 bits per heavy atom. The van der Waals surface area contributed by atoms with Gasteiger partial charge in [-0.05, 0) is 54.4 Å². The first-order valence-electron chi connectivity index (χ1n) is 11.7. The number of nitrogens with zero attached hydrogens (tertiary/aromatic N) is 2. The number of halogens is 2. The van der Waals surface area contributed by atoms with Crippen molar-refractivity contribution in [3.05, 3.63) is 92.9 Å². The van der Waals surface area contributed by atoms with E-state index in [0.29, 0.717) is 39.2 Å². The number of thiazole rings is 1. The smallest absolute Gasteiger partial charge is 0.301 e. The second-order valence-electron chi connectivity index (χ2n) is 8.56. The highest BCUT2D eigenvalue weighted by Crippen LogP contribution is 2.45. The molecule has 1 amide bonds. The van der Waals surface area contributed by atoms with Crippen molar-refractivity contribution < 1.29 is 19.4 Å². The highest BCUT2D eigenvalue weighted by atomic mass is 79.9. The number of hydrogen-bond acceptors (Lipinski definition) is 6. The number of rotatable bonds is 7. The number of ketones is 1. The van der Waals surface area contributed by atoms with Crippen molar-refractivity contribution in [3.8, 4) is 5.75 Å². The summed E-state index contributed by atoms with van der Waals surface area (Å²) in [6.07, 6.45) is 1.89. The highest BCUT2D eigenvalue weighted by molar-refractivity contribution is 9.10. The van der Waals surface area contributed by atoms with Crippen LogP contribution in [-0.4, -0.2) is 28.4 Å². The van der Waals surface area contributed by atoms with E-state index in [2.05, 4.69) is 27.8 Å². The van der Waals surface area contributed by atoms with Crippen molar-refractivity contribution in [1.82, 2.24) is 4.98 Å². The average molecular weight is 598 g/mol. The molecule has 1 saturated heterocycles. The summed E-state index contributed by atoms with van der Waals surface area (Å²) in [4.78, 5) is 32.9. The molecule has 37 heavy (non-hydrogen) atoms. The van der Waals surface area contributed by atoms with Crippen LogP contribution < -0.4 is 9.64 Å². The molecule has 1 atom stereocenters. The Hall–Kier alpha value is -3.20. The molecule has 1 aromatic heterocycles. The van der Waals surface area contributed by atoms with E-state index >= 15 is 0 Å². The minimum Gasteiger partial charge on any atom is -0.507 e. The third-order valence-electron chi connectivity index (χ3n) is 6.03. The second kappa shape index (κ2) is 10.7. The molecule has 0 radical (unpaired) electrons. The summed E-state index contributed by atoms with van der Waals surface area (Å²) in [7, 11) is 0. The van der Waals surface area contributed by atoms with Crippen molar-refractivity contribution in [2.24, 2.45) is 0 Å². The van der Waals surface area contributed by atoms with Gasteiger partial charge in [0.05, 0.1) is 28.4 Å². The number of aromatic nitrogens is 1. The molecule has 1 aliphatic rings. The van der Waals surface area contributed by atoms with E-state index in [4.69, 9.17) is 16.3 Å². The van der Waals surface area contributed by atoms with Crippen LogP contribution >= 0.6 is 38.9 Å². The van der Waals surface area contributed by atoms with Crippen LogP contribution in [0.4, 0.5) is 5.13 Å². The first-order valence-corrected chi connectivity index (χ1v) is 13.7. The maximum atomic E-state index is 13.4. The molecule has 0 saturated carbocycles. The molecule has 188 valence electrons. The summed E-state index contributed by atoms with van der Waals surface area (Å²) >= 11 is 10.9. The van der Waals surface area contributed by atoms with E-state index in [1.165, 1.54) is 16.2 Å². The van der Waals surface area contributed by atoms with Crippen molar-refractivity contribution in [1.29, 1.82) is 0 Å². The molecule has 5 rings (SSSR count). The van der Waals surface area contributed by atoms with Gasteiger partial charge in [0.15, 0.2) is 5.13 Å². The number of amides is 1. The Morgan fingerprint density at radius 1 is 1.14 bits per heavy atom. The van der Waals surface area contributed by atoms with E-state index in [-0.39, 0.29) is 11.3 Å². The lowest BCUT2D eigenvalue weighted by Crippen LogP contribution is -2.29. The molecule has 6 nitrogen and oxygen atoms in total. The zero-order chi connectivity index (χ0) is 26.1. The fourth-order valence-corrected chi connectivity index (χ4v) is 5.92. The SMILES string of the molecule is CCCCOc1cccc(/C(O)=C2\C(=O)C(=O)N(c3nc4ccc(Cl)cc4s3)C2c2cccc(Br)c2)c1. The predicted molar refractivity (Wildman–Crippen MR) is 150 cm³/mol. The number of benzene rings is 3. The lowest BCUT2D eigenvalue weighted by molar-refractivity contribution is -0.132. The maximum absolute atomic E-state index is 13.4. The molecule has 1 aliphatic heterocycles. The average Bonchev–Trinajstić information content (AvgIpc) is 3.41. The summed E-state index contributed by atoms with van der Waals surface area (Å²) in [5.41, 5.74) is 1.70. The van der Waals surface area contributed by atoms with Gasteiger partial charge in [-0.2, -0.15) is 0 Å². The number of anilines is 1. The van der Waals surface area contributed by atoms with Crippen LogP contribution in [0.15, 0.2) is 76.8 Å². The van der Waals surface area contributed by atoms with Gasteiger partial charge in [-0.25, -0.2) is 4.98 Å². The Bertz CT molecular complexity index is 1550. The lowest BCUT2D eigenvalue weighted by Gasteiger charge is -2.23. The largest absolute Gasteiger partial charge is 0.507 e. The Labute approximate surface area is 231 Å². The van der Waals surface area contributed by atoms with E-state index in [1.807, 2.05) is 24.3 Å². The maximum Gasteiger partial charge on any atom is 0.301 e. The van der Waals surface area contributed by atoms with Gasteiger partial charge in [0, 0.05) is 15.1 Å². The zero-order valence-electron chi connectivity index (χ0n) is 19.8. The molecule has 0 spiro atoms. The Balaban J connectivity index is 1.65. The third-order valence-corrected chi connectivity index (χ3v) is 7.77. The van der Waals surface area contributed by atoms with Crippen molar-refractivity contribution in [2.75, 3.05) is 11.5 Å². The van der Waals surface area contributed by atoms with Gasteiger partial charge in [-0.15, -0.1) is 0 Å². The normalized spacial score (nSPS) is 17.1. The summed E-state index contributed by atoms with van der Waals surface area (Å²) in [5, 5.41) is 12.3. The molecule has 1 unspecified atom stereocenters. The van der Waals surface area contributed by atoms with Gasteiger partial charge in [-0.1, -0.05) is 76.5 Å². The van der Waals surface area contributed by atoms with Crippen LogP contribution in [0.5, 0.6) is 5.75 Å². The number of unbranched alkanes of at least 4 members (excludes halogenated alkanes) is 1. The fourth-order valence-electron chi connectivity index (χ4n) is 4.23. The molecule has 2 heterocycles. The highest BCUT2D eigenvalue weighted by Gasteiger charge is 2.48. The predicted octanol–water partition coefficient (Wildman–Crippen LogP) is 7.52. The van der Waals surface area contributed by atoms with Gasteiger partial charge < -0.3 is 9.84 Å². The van der Waals surface area contributed by atoms with Crippen LogP contribution in [0.1, 0.15) is 36.9 Å². The van der Waals surface area contributed by atoms with Gasteiger partial charge >= 0.3 is 5.91 Å². The molecule has 9 heteroatoms. The minimum absolute atomic E-state index is 0.00824. The number of hydrogen-bond donors (Lipinski definition) is 1. The lowest BCUT2D eigenvalue weighted by atomic mass is 9.95. The fraction of sp³-hybridized carbons (Fsp3) is 0.179. The van der Waals surface area contributed by atoms with Crippen LogP contribution in [0.25, 0.3) is 16.0 Å². The number of fused-ring (bicyclic) bond motifs is 1. The van der Waals surface area contributed by atoms with Crippen LogP contribution in [-0.2, 0) is 9.59 Å². The standard InChI is InChI=1S/C28H22BrClN2O4S/c1-2-3-12-36-20-9-5-7-17(14-20)25(33)23-24(16-6-4-8-18(29)13-16)32(27(35)26(23)34)28-31-21-11-10-19(30)15-22(21)37-28/h4-11,13-15,24,33H,2-3,12H2,1H3/b25-23+. The molecular formula is C28H22BrClN2O4S. The van der Waals surface area contributed by atoms with Crippen molar-refractivity contribution >= 4 is 71.7 Å². The topological polar surface area (TPSA) is 79.7 Å². The summed E-state index contributed by atoms with van der Waals surface area (Å²) in [5.74, 6) is -1.23. The number of ether oxygens (including phenoxy) is 1. The van der Waals surface area contributed by atoms with E-state index in [1.54, 1.807) is 42.5 Å². The van der Waals surface area contributed by atoms with Crippen LogP contribution in [0.2, 0.25) is 5.02 Å². The van der Waals surface area contributed by atoms with Gasteiger partial charge in [-0.3, -0.25) is 14.5 Å². The Morgan fingerprint density at radius 3 is 2.73 bits per heavy atom. The molecule has 0 bridgehead atoms. The van der Waals surface area contributed by atoms with E-state index < -0.39 is 17.7 Å². The van der Waals surface area contributed by atoms with Crippen LogP contribution in [0.3, 0.4) is 0 Å². The first kappa shape index (κ1) is 25.4. The van der Waals surface area contributed by atoms with Crippen LogP contribution in [0, 0.1) is 0 Å². The minimum atomic E-state index is -0.877. The number of carbonyl (C=O) groups excluding carboxylic acids is 2.